The Morgan fingerprint density at radius 2 is 1.77 bits per heavy atom. The number of non-ortho nitro benzene ring substituents is 1. The van der Waals surface area contributed by atoms with E-state index < -0.39 is 10.5 Å². The molecule has 0 unspecified atom stereocenters. The Kier molecular flexibility index (Phi) is 4.54. The van der Waals surface area contributed by atoms with Crippen LogP contribution in [-0.2, 0) is 14.9 Å². The summed E-state index contributed by atoms with van der Waals surface area (Å²) in [6, 6.07) is 6.61. The maximum Gasteiger partial charge on any atom is 0.307 e. The minimum absolute atomic E-state index is 0.0779. The number of hydrogen-bond acceptors (Lipinski definition) is 4. The van der Waals surface area contributed by atoms with Crippen molar-refractivity contribution >= 4 is 11.7 Å². The molecule has 0 saturated heterocycles. The van der Waals surface area contributed by atoms with E-state index in [1.807, 2.05) is 20.8 Å². The van der Waals surface area contributed by atoms with E-state index in [1.54, 1.807) is 12.1 Å². The van der Waals surface area contributed by atoms with Crippen molar-refractivity contribution in [2.75, 3.05) is 0 Å². The Bertz CT molecular complexity index is 551. The molecule has 0 radical (unpaired) electrons. The van der Waals surface area contributed by atoms with Crippen molar-refractivity contribution in [1.29, 1.82) is 0 Å². The van der Waals surface area contributed by atoms with Gasteiger partial charge in [0.05, 0.1) is 11.3 Å². The number of nitro benzene ring substituents is 1. The molecular formula is C17H23NO4. The molecule has 5 nitrogen and oxygen atoms in total. The number of rotatable bonds is 4. The van der Waals surface area contributed by atoms with Gasteiger partial charge in [-0.3, -0.25) is 14.9 Å². The first kappa shape index (κ1) is 16.5. The molecule has 0 aromatic heterocycles. The molecule has 1 aliphatic carbocycles. The smallest absolute Gasteiger partial charge is 0.307 e. The van der Waals surface area contributed by atoms with E-state index in [9.17, 15) is 14.9 Å². The largest absolute Gasteiger partial charge is 0.460 e. The number of carbonyl (C=O) groups excluding carboxylic acids is 1. The van der Waals surface area contributed by atoms with E-state index in [1.165, 1.54) is 12.1 Å². The number of esters is 1. The average Bonchev–Trinajstić information content (AvgIpc) is 2.86. The van der Waals surface area contributed by atoms with Crippen LogP contribution in [0.15, 0.2) is 24.3 Å². The van der Waals surface area contributed by atoms with Crippen molar-refractivity contribution in [3.8, 4) is 0 Å². The van der Waals surface area contributed by atoms with Gasteiger partial charge in [0.1, 0.15) is 5.60 Å². The summed E-state index contributed by atoms with van der Waals surface area (Å²) in [5.74, 6) is -0.201. The van der Waals surface area contributed by atoms with Crippen molar-refractivity contribution in [1.82, 2.24) is 0 Å². The summed E-state index contributed by atoms with van der Waals surface area (Å²) in [6.07, 6.45) is 4.32. The zero-order valence-electron chi connectivity index (χ0n) is 13.4. The van der Waals surface area contributed by atoms with Crippen LogP contribution in [0.2, 0.25) is 0 Å². The Balaban J connectivity index is 2.21. The quantitative estimate of drug-likeness (QED) is 0.476. The maximum absolute atomic E-state index is 12.2. The second-order valence-electron chi connectivity index (χ2n) is 7.05. The molecule has 1 aromatic carbocycles. The fourth-order valence-electron chi connectivity index (χ4n) is 3.21. The summed E-state index contributed by atoms with van der Waals surface area (Å²) in [5, 5.41) is 10.8. The first-order valence-electron chi connectivity index (χ1n) is 7.69. The monoisotopic (exact) mass is 305 g/mol. The summed E-state index contributed by atoms with van der Waals surface area (Å²) in [5.41, 5.74) is 0.347. The Labute approximate surface area is 130 Å². The van der Waals surface area contributed by atoms with Crippen LogP contribution in [0.1, 0.15) is 58.4 Å². The number of carbonyl (C=O) groups is 1. The summed E-state index contributed by atoms with van der Waals surface area (Å²) in [7, 11) is 0. The lowest BCUT2D eigenvalue weighted by atomic mass is 9.76. The first-order chi connectivity index (χ1) is 10.2. The standard InChI is InChI=1S/C17H23NO4/c1-16(2,3)22-15(19)12-17(10-4-5-11-17)13-6-8-14(9-7-13)18(20)21/h6-9H,4-5,10-12H2,1-3H3. The van der Waals surface area contributed by atoms with Crippen LogP contribution in [-0.4, -0.2) is 16.5 Å². The van der Waals surface area contributed by atoms with E-state index in [4.69, 9.17) is 4.74 Å². The summed E-state index contributed by atoms with van der Waals surface area (Å²) < 4.78 is 5.46. The molecule has 0 spiro atoms. The molecule has 0 N–H and O–H groups in total. The normalized spacial score (nSPS) is 17.2. The van der Waals surface area contributed by atoms with Crippen LogP contribution < -0.4 is 0 Å². The highest BCUT2D eigenvalue weighted by Crippen LogP contribution is 2.44. The van der Waals surface area contributed by atoms with Gasteiger partial charge in [-0.05, 0) is 39.2 Å². The molecule has 0 amide bonds. The first-order valence-corrected chi connectivity index (χ1v) is 7.69. The van der Waals surface area contributed by atoms with E-state index in [-0.39, 0.29) is 17.1 Å². The van der Waals surface area contributed by atoms with Crippen molar-refractivity contribution in [2.45, 2.75) is 63.9 Å². The third kappa shape index (κ3) is 3.84. The van der Waals surface area contributed by atoms with Gasteiger partial charge < -0.3 is 4.74 Å². The SMILES string of the molecule is CC(C)(C)OC(=O)CC1(c2ccc([N+](=O)[O-])cc2)CCCC1. The van der Waals surface area contributed by atoms with Gasteiger partial charge in [-0.25, -0.2) is 0 Å². The summed E-state index contributed by atoms with van der Waals surface area (Å²) in [4.78, 5) is 22.6. The lowest BCUT2D eigenvalue weighted by Crippen LogP contribution is -2.31. The van der Waals surface area contributed by atoms with E-state index in [2.05, 4.69) is 0 Å². The van der Waals surface area contributed by atoms with Crippen molar-refractivity contribution in [3.05, 3.63) is 39.9 Å². The topological polar surface area (TPSA) is 69.4 Å². The third-order valence-electron chi connectivity index (χ3n) is 4.15. The summed E-state index contributed by atoms with van der Waals surface area (Å²) in [6.45, 7) is 5.58. The lowest BCUT2D eigenvalue weighted by Gasteiger charge is -2.30. The molecule has 0 aliphatic heterocycles. The maximum atomic E-state index is 12.2. The third-order valence-corrected chi connectivity index (χ3v) is 4.15. The highest BCUT2D eigenvalue weighted by Gasteiger charge is 2.39. The molecule has 0 heterocycles. The number of nitro groups is 1. The molecule has 1 fully saturated rings. The second-order valence-corrected chi connectivity index (χ2v) is 7.05. The zero-order valence-corrected chi connectivity index (χ0v) is 13.4. The highest BCUT2D eigenvalue weighted by atomic mass is 16.6. The van der Waals surface area contributed by atoms with Crippen LogP contribution >= 0.6 is 0 Å². The van der Waals surface area contributed by atoms with Gasteiger partial charge in [-0.15, -0.1) is 0 Å². The molecule has 1 aliphatic rings. The Hall–Kier alpha value is -1.91. The average molecular weight is 305 g/mol. The van der Waals surface area contributed by atoms with Gasteiger partial charge in [-0.2, -0.15) is 0 Å². The fraction of sp³-hybridized carbons (Fsp3) is 0.588. The fourth-order valence-corrected chi connectivity index (χ4v) is 3.21. The van der Waals surface area contributed by atoms with Crippen LogP contribution in [0.5, 0.6) is 0 Å². The molecule has 0 bridgehead atoms. The van der Waals surface area contributed by atoms with Crippen LogP contribution in [0.25, 0.3) is 0 Å². The number of benzene rings is 1. The minimum atomic E-state index is -0.494. The predicted molar refractivity (Wildman–Crippen MR) is 83.7 cm³/mol. The van der Waals surface area contributed by atoms with E-state index >= 15 is 0 Å². The molecular weight excluding hydrogens is 282 g/mol. The molecule has 0 atom stereocenters. The van der Waals surface area contributed by atoms with Crippen molar-refractivity contribution in [2.24, 2.45) is 0 Å². The molecule has 2 rings (SSSR count). The van der Waals surface area contributed by atoms with Crippen LogP contribution in [0.3, 0.4) is 0 Å². The van der Waals surface area contributed by atoms with Crippen molar-refractivity contribution < 1.29 is 14.5 Å². The second kappa shape index (κ2) is 6.07. The van der Waals surface area contributed by atoms with Crippen molar-refractivity contribution in [3.63, 3.8) is 0 Å². The van der Waals surface area contributed by atoms with Gasteiger partial charge >= 0.3 is 5.97 Å². The number of nitrogens with zero attached hydrogens (tertiary/aromatic N) is 1. The minimum Gasteiger partial charge on any atom is -0.460 e. The lowest BCUT2D eigenvalue weighted by molar-refractivity contribution is -0.384. The van der Waals surface area contributed by atoms with Gasteiger partial charge in [0.2, 0.25) is 0 Å². The van der Waals surface area contributed by atoms with Crippen LogP contribution in [0, 0.1) is 10.1 Å². The summed E-state index contributed by atoms with van der Waals surface area (Å²) >= 11 is 0. The van der Waals surface area contributed by atoms with E-state index in [0.717, 1.165) is 31.2 Å². The number of hydrogen-bond donors (Lipinski definition) is 0. The van der Waals surface area contributed by atoms with Gasteiger partial charge in [0.15, 0.2) is 0 Å². The zero-order chi connectivity index (χ0) is 16.4. The molecule has 22 heavy (non-hydrogen) atoms. The van der Waals surface area contributed by atoms with Gasteiger partial charge in [0, 0.05) is 17.5 Å². The van der Waals surface area contributed by atoms with Gasteiger partial charge in [-0.1, -0.05) is 25.0 Å². The molecule has 5 heteroatoms. The molecule has 120 valence electrons. The van der Waals surface area contributed by atoms with Gasteiger partial charge in [0.25, 0.3) is 5.69 Å². The van der Waals surface area contributed by atoms with E-state index in [0.29, 0.717) is 6.42 Å². The molecule has 1 aromatic rings. The Morgan fingerprint density at radius 1 is 1.23 bits per heavy atom. The Morgan fingerprint density at radius 3 is 2.23 bits per heavy atom. The predicted octanol–water partition coefficient (Wildman–Crippen LogP) is 4.14. The molecule has 1 saturated carbocycles. The van der Waals surface area contributed by atoms with Crippen LogP contribution in [0.4, 0.5) is 5.69 Å². The highest BCUT2D eigenvalue weighted by molar-refractivity contribution is 5.72. The number of ether oxygens (including phenoxy) is 1.